The number of pyridine rings is 1. The number of aryl methyl sites for hydroxylation is 2. The summed E-state index contributed by atoms with van der Waals surface area (Å²) in [4.78, 5) is 20.0. The van der Waals surface area contributed by atoms with Crippen LogP contribution >= 0.6 is 11.6 Å². The van der Waals surface area contributed by atoms with Crippen LogP contribution in [0.3, 0.4) is 0 Å². The lowest BCUT2D eigenvalue weighted by atomic mass is 9.84. The third-order valence-electron chi connectivity index (χ3n) is 7.17. The number of piperidine rings is 1. The molecule has 0 spiro atoms. The lowest BCUT2D eigenvalue weighted by Crippen LogP contribution is -2.42. The van der Waals surface area contributed by atoms with E-state index in [9.17, 15) is 14.3 Å². The summed E-state index contributed by atoms with van der Waals surface area (Å²) in [6.45, 7) is 3.42. The van der Waals surface area contributed by atoms with E-state index in [0.29, 0.717) is 61.6 Å². The van der Waals surface area contributed by atoms with Crippen molar-refractivity contribution >= 4 is 28.7 Å². The van der Waals surface area contributed by atoms with E-state index < -0.39 is 5.60 Å². The van der Waals surface area contributed by atoms with Gasteiger partial charge in [-0.2, -0.15) is 0 Å². The topological polar surface area (TPSA) is 57.8 Å². The van der Waals surface area contributed by atoms with E-state index >= 15 is 0 Å². The number of hydrogen-bond donors (Lipinski definition) is 1. The summed E-state index contributed by atoms with van der Waals surface area (Å²) in [5.41, 5.74) is 4.17. The highest BCUT2D eigenvalue weighted by Crippen LogP contribution is 2.34. The summed E-state index contributed by atoms with van der Waals surface area (Å²) >= 11 is 6.09. The molecule has 1 N–H and O–H groups in total. The van der Waals surface area contributed by atoms with Crippen LogP contribution in [-0.2, 0) is 18.4 Å². The lowest BCUT2D eigenvalue weighted by molar-refractivity contribution is 0.0117. The molecule has 0 amide bonds. The third kappa shape index (κ3) is 4.88. The molecule has 1 aliphatic heterocycles. The summed E-state index contributed by atoms with van der Waals surface area (Å²) in [5, 5.41) is 11.7. The Morgan fingerprint density at radius 3 is 2.44 bits per heavy atom. The summed E-state index contributed by atoms with van der Waals surface area (Å²) in [7, 11) is 0. The number of aromatic nitrogens is 2. The lowest BCUT2D eigenvalue weighted by Gasteiger charge is -2.39. The van der Waals surface area contributed by atoms with Gasteiger partial charge in [-0.15, -0.1) is 0 Å². The maximum atomic E-state index is 13.3. The average molecular weight is 506 g/mol. The molecule has 5 nitrogen and oxygen atoms in total. The Kier molecular flexibility index (Phi) is 6.82. The zero-order valence-electron chi connectivity index (χ0n) is 20.3. The highest BCUT2D eigenvalue weighted by molar-refractivity contribution is 6.30. The van der Waals surface area contributed by atoms with E-state index in [1.165, 1.54) is 12.1 Å². The number of carbonyl (C=O) groups excluding carboxylic acids is 1. The number of benzene rings is 2. The average Bonchev–Trinajstić information content (AvgIpc) is 3.26. The molecule has 2 aromatic heterocycles. The van der Waals surface area contributed by atoms with Gasteiger partial charge in [0.25, 0.3) is 0 Å². The van der Waals surface area contributed by atoms with Gasteiger partial charge in [-0.3, -0.25) is 9.20 Å². The summed E-state index contributed by atoms with van der Waals surface area (Å²) in [6.07, 6.45) is 4.70. The fraction of sp³-hybridized carbons (Fsp3) is 0.310. The molecule has 4 aromatic rings. The first-order valence-corrected chi connectivity index (χ1v) is 12.8. The molecule has 0 radical (unpaired) electrons. The number of carbonyl (C=O) groups is 1. The van der Waals surface area contributed by atoms with Crippen LogP contribution in [0.4, 0.5) is 10.1 Å². The molecule has 1 saturated heterocycles. The first-order valence-electron chi connectivity index (χ1n) is 12.4. The molecule has 0 saturated carbocycles. The van der Waals surface area contributed by atoms with Gasteiger partial charge in [0.15, 0.2) is 5.78 Å². The molecule has 1 fully saturated rings. The van der Waals surface area contributed by atoms with Gasteiger partial charge in [-0.05, 0) is 67.1 Å². The van der Waals surface area contributed by atoms with E-state index in [4.69, 9.17) is 11.6 Å². The third-order valence-corrected chi connectivity index (χ3v) is 7.41. The summed E-state index contributed by atoms with van der Waals surface area (Å²) < 4.78 is 15.1. The van der Waals surface area contributed by atoms with Crippen LogP contribution in [0.5, 0.6) is 0 Å². The number of Topliss-reactive ketones (excluding diaryl/α,β-unsaturated/α-hetero) is 1. The van der Waals surface area contributed by atoms with Crippen LogP contribution in [0.1, 0.15) is 53.5 Å². The Balaban J connectivity index is 1.21. The van der Waals surface area contributed by atoms with Gasteiger partial charge >= 0.3 is 0 Å². The molecule has 0 bridgehead atoms. The molecule has 0 unspecified atom stereocenters. The van der Waals surface area contributed by atoms with Crippen molar-refractivity contribution in [1.29, 1.82) is 0 Å². The van der Waals surface area contributed by atoms with Gasteiger partial charge in [0.05, 0.1) is 11.3 Å². The Hall–Kier alpha value is -3.22. The van der Waals surface area contributed by atoms with E-state index in [1.807, 2.05) is 17.5 Å². The molecular weight excluding hydrogens is 477 g/mol. The minimum atomic E-state index is -0.926. The van der Waals surface area contributed by atoms with Crippen molar-refractivity contribution in [2.45, 2.75) is 44.6 Å². The number of nitrogens with zero attached hydrogens (tertiary/aromatic N) is 3. The van der Waals surface area contributed by atoms with E-state index in [1.54, 1.807) is 24.3 Å². The van der Waals surface area contributed by atoms with Crippen molar-refractivity contribution in [3.05, 3.63) is 100 Å². The number of rotatable bonds is 7. The fourth-order valence-electron chi connectivity index (χ4n) is 5.04. The zero-order chi connectivity index (χ0) is 25.3. The van der Waals surface area contributed by atoms with Gasteiger partial charge in [-0.25, -0.2) is 9.37 Å². The summed E-state index contributed by atoms with van der Waals surface area (Å²) in [5.74, 6) is -0.224. The predicted molar refractivity (Wildman–Crippen MR) is 140 cm³/mol. The largest absolute Gasteiger partial charge is 0.385 e. The van der Waals surface area contributed by atoms with Crippen molar-refractivity contribution in [3.63, 3.8) is 0 Å². The van der Waals surface area contributed by atoms with Gasteiger partial charge in [0.2, 0.25) is 0 Å². The number of imidazole rings is 1. The molecule has 36 heavy (non-hydrogen) atoms. The quantitative estimate of drug-likeness (QED) is 0.313. The van der Waals surface area contributed by atoms with Crippen molar-refractivity contribution in [2.24, 2.45) is 0 Å². The number of ketones is 1. The van der Waals surface area contributed by atoms with Gasteiger partial charge in [-0.1, -0.05) is 42.8 Å². The molecule has 5 rings (SSSR count). The highest BCUT2D eigenvalue weighted by Gasteiger charge is 2.34. The smallest absolute Gasteiger partial charge is 0.181 e. The van der Waals surface area contributed by atoms with Gasteiger partial charge < -0.3 is 10.0 Å². The van der Waals surface area contributed by atoms with E-state index in [2.05, 4.69) is 34.1 Å². The van der Waals surface area contributed by atoms with Crippen molar-refractivity contribution in [2.75, 3.05) is 18.0 Å². The fourth-order valence-corrected chi connectivity index (χ4v) is 5.20. The van der Waals surface area contributed by atoms with Crippen LogP contribution in [-0.4, -0.2) is 33.4 Å². The highest BCUT2D eigenvalue weighted by atomic mass is 35.5. The predicted octanol–water partition coefficient (Wildman–Crippen LogP) is 5.99. The van der Waals surface area contributed by atoms with Crippen LogP contribution in [0.2, 0.25) is 5.02 Å². The minimum absolute atomic E-state index is 0.0712. The molecule has 3 heterocycles. The number of anilines is 1. The number of hydrogen-bond acceptors (Lipinski definition) is 4. The second-order valence-electron chi connectivity index (χ2n) is 9.45. The molecule has 0 aliphatic carbocycles. The summed E-state index contributed by atoms with van der Waals surface area (Å²) in [6, 6.07) is 18.0. The number of fused-ring (bicyclic) bond motifs is 1. The Morgan fingerprint density at radius 2 is 1.78 bits per heavy atom. The molecule has 0 atom stereocenters. The van der Waals surface area contributed by atoms with Crippen molar-refractivity contribution < 1.29 is 14.3 Å². The number of aliphatic hydroxyl groups is 1. The SMILES string of the molecule is CCc1nc2cc(Cl)ccn2c1C(=O)CCc1ccc(N2CCC(O)(c3ccc(F)cc3)CC2)cc1. The Bertz CT molecular complexity index is 1370. The van der Waals surface area contributed by atoms with E-state index in [-0.39, 0.29) is 11.6 Å². The van der Waals surface area contributed by atoms with Crippen molar-refractivity contribution in [1.82, 2.24) is 9.38 Å². The molecule has 7 heteroatoms. The van der Waals surface area contributed by atoms with Gasteiger partial charge in [0, 0.05) is 42.5 Å². The van der Waals surface area contributed by atoms with Gasteiger partial charge in [0.1, 0.15) is 17.2 Å². The molecule has 186 valence electrons. The number of halogens is 2. The maximum Gasteiger partial charge on any atom is 0.181 e. The Labute approximate surface area is 215 Å². The monoisotopic (exact) mass is 505 g/mol. The van der Waals surface area contributed by atoms with E-state index in [0.717, 1.165) is 22.5 Å². The minimum Gasteiger partial charge on any atom is -0.385 e. The molecule has 1 aliphatic rings. The molecular formula is C29H29ClFN3O2. The normalized spacial score (nSPS) is 15.4. The zero-order valence-corrected chi connectivity index (χ0v) is 21.0. The maximum absolute atomic E-state index is 13.3. The van der Waals surface area contributed by atoms with Crippen LogP contribution < -0.4 is 4.90 Å². The standard InChI is InChI=1S/C29H29ClFN3O2/c1-2-25-28(34-16-13-22(30)19-27(34)32-25)26(35)12-5-20-3-10-24(11-4-20)33-17-14-29(36,15-18-33)21-6-8-23(31)9-7-21/h3-4,6-11,13,16,19,36H,2,5,12,14-15,17-18H2,1H3. The second kappa shape index (κ2) is 10.0. The Morgan fingerprint density at radius 1 is 1.08 bits per heavy atom. The van der Waals surface area contributed by atoms with Crippen LogP contribution in [0.15, 0.2) is 66.9 Å². The second-order valence-corrected chi connectivity index (χ2v) is 9.89. The first-order chi connectivity index (χ1) is 17.4. The van der Waals surface area contributed by atoms with Crippen LogP contribution in [0, 0.1) is 5.82 Å². The van der Waals surface area contributed by atoms with Crippen LogP contribution in [0.25, 0.3) is 5.65 Å². The first kappa shape index (κ1) is 24.5. The van der Waals surface area contributed by atoms with Crippen molar-refractivity contribution in [3.8, 4) is 0 Å². The molecule has 2 aromatic carbocycles.